The lowest BCUT2D eigenvalue weighted by Crippen LogP contribution is -2.52. The normalized spacial score (nSPS) is 11.9. The zero-order valence-electron chi connectivity index (χ0n) is 22.4. The van der Waals surface area contributed by atoms with E-state index in [1.54, 1.807) is 56.5 Å². The molecule has 0 bridgehead atoms. The second-order valence-electron chi connectivity index (χ2n) is 8.61. The van der Waals surface area contributed by atoms with Gasteiger partial charge in [0.05, 0.1) is 25.7 Å². The maximum Gasteiger partial charge on any atom is 0.244 e. The second kappa shape index (κ2) is 14.5. The molecular weight excluding hydrogens is 494 g/mol. The fraction of sp³-hybridized carbons (Fsp3) is 0.481. The third-order valence-electron chi connectivity index (χ3n) is 5.82. The Kier molecular flexibility index (Phi) is 11.7. The highest BCUT2D eigenvalue weighted by molar-refractivity contribution is 7.92. The van der Waals surface area contributed by atoms with Gasteiger partial charge < -0.3 is 19.7 Å². The molecular formula is C27H39N3O6S. The molecule has 2 aromatic carbocycles. The van der Waals surface area contributed by atoms with Gasteiger partial charge in [-0.05, 0) is 49.6 Å². The fourth-order valence-electron chi connectivity index (χ4n) is 3.93. The maximum absolute atomic E-state index is 13.8. The maximum atomic E-state index is 13.8. The smallest absolute Gasteiger partial charge is 0.244 e. The first-order chi connectivity index (χ1) is 17.7. The molecule has 0 saturated carbocycles. The van der Waals surface area contributed by atoms with E-state index in [1.807, 2.05) is 19.9 Å². The Morgan fingerprint density at radius 2 is 1.78 bits per heavy atom. The molecule has 37 heavy (non-hydrogen) atoms. The van der Waals surface area contributed by atoms with Gasteiger partial charge in [-0.2, -0.15) is 0 Å². The molecule has 0 aliphatic rings. The Morgan fingerprint density at radius 3 is 2.41 bits per heavy atom. The molecule has 0 radical (unpaired) electrons. The molecule has 0 heterocycles. The molecule has 2 aromatic rings. The lowest BCUT2D eigenvalue weighted by Gasteiger charge is -2.33. The minimum Gasteiger partial charge on any atom is -0.497 e. The van der Waals surface area contributed by atoms with Gasteiger partial charge in [0.25, 0.3) is 0 Å². The van der Waals surface area contributed by atoms with Crippen molar-refractivity contribution in [3.05, 3.63) is 54.1 Å². The van der Waals surface area contributed by atoms with Gasteiger partial charge in [0.2, 0.25) is 21.8 Å². The van der Waals surface area contributed by atoms with Crippen molar-refractivity contribution in [3.8, 4) is 11.5 Å². The summed E-state index contributed by atoms with van der Waals surface area (Å²) in [7, 11) is -2.30. The molecule has 2 amide bonds. The fourth-order valence-corrected chi connectivity index (χ4v) is 4.78. The number of amides is 2. The SMILES string of the molecule is CCCCNC(=O)[C@@H](CC)N(Cc1cccc(OC)c1)C(=O)CN(c1ccccc1OCC)S(C)(=O)=O. The minimum atomic E-state index is -3.86. The van der Waals surface area contributed by atoms with Crippen LogP contribution in [0.1, 0.15) is 45.6 Å². The quantitative estimate of drug-likeness (QED) is 0.351. The van der Waals surface area contributed by atoms with Crippen LogP contribution in [0.15, 0.2) is 48.5 Å². The van der Waals surface area contributed by atoms with E-state index in [4.69, 9.17) is 9.47 Å². The highest BCUT2D eigenvalue weighted by atomic mass is 32.2. The molecule has 1 N–H and O–H groups in total. The van der Waals surface area contributed by atoms with Crippen molar-refractivity contribution < 1.29 is 27.5 Å². The summed E-state index contributed by atoms with van der Waals surface area (Å²) < 4.78 is 37.7. The molecule has 1 atom stereocenters. The van der Waals surface area contributed by atoms with Gasteiger partial charge >= 0.3 is 0 Å². The number of hydrogen-bond acceptors (Lipinski definition) is 6. The number of ether oxygens (including phenoxy) is 2. The molecule has 0 spiro atoms. The van der Waals surface area contributed by atoms with Gasteiger partial charge in [0.1, 0.15) is 24.1 Å². The van der Waals surface area contributed by atoms with Crippen molar-refractivity contribution in [2.24, 2.45) is 0 Å². The van der Waals surface area contributed by atoms with Crippen LogP contribution in [0.4, 0.5) is 5.69 Å². The van der Waals surface area contributed by atoms with Crippen LogP contribution >= 0.6 is 0 Å². The van der Waals surface area contributed by atoms with Crippen LogP contribution in [0.2, 0.25) is 0 Å². The molecule has 0 aliphatic heterocycles. The number of carbonyl (C=O) groups is 2. The van der Waals surface area contributed by atoms with Gasteiger partial charge in [-0.15, -0.1) is 0 Å². The summed E-state index contributed by atoms with van der Waals surface area (Å²) in [6, 6.07) is 13.1. The van der Waals surface area contributed by atoms with Crippen molar-refractivity contribution in [3.63, 3.8) is 0 Å². The third-order valence-corrected chi connectivity index (χ3v) is 6.94. The van der Waals surface area contributed by atoms with Crippen molar-refractivity contribution in [2.75, 3.05) is 37.4 Å². The first-order valence-electron chi connectivity index (χ1n) is 12.6. The number of hydrogen-bond donors (Lipinski definition) is 1. The number of sulfonamides is 1. The van der Waals surface area contributed by atoms with Gasteiger partial charge in [-0.1, -0.05) is 44.5 Å². The highest BCUT2D eigenvalue weighted by Gasteiger charge is 2.32. The molecule has 0 fully saturated rings. The Balaban J connectivity index is 2.46. The zero-order valence-corrected chi connectivity index (χ0v) is 23.2. The number of rotatable bonds is 15. The van der Waals surface area contributed by atoms with Crippen LogP contribution < -0.4 is 19.1 Å². The summed E-state index contributed by atoms with van der Waals surface area (Å²) in [5.74, 6) is 0.200. The minimum absolute atomic E-state index is 0.112. The van der Waals surface area contributed by atoms with E-state index < -0.39 is 28.5 Å². The third kappa shape index (κ3) is 8.66. The van der Waals surface area contributed by atoms with Crippen molar-refractivity contribution >= 4 is 27.5 Å². The summed E-state index contributed by atoms with van der Waals surface area (Å²) >= 11 is 0. The van der Waals surface area contributed by atoms with Crippen LogP contribution in [0.25, 0.3) is 0 Å². The summed E-state index contributed by atoms with van der Waals surface area (Å²) in [6.07, 6.45) is 3.15. The number of nitrogens with one attached hydrogen (secondary N) is 1. The molecule has 204 valence electrons. The molecule has 0 unspecified atom stereocenters. The van der Waals surface area contributed by atoms with E-state index in [0.717, 1.165) is 29.0 Å². The van der Waals surface area contributed by atoms with Crippen LogP contribution in [-0.4, -0.2) is 64.2 Å². The van der Waals surface area contributed by atoms with E-state index in [-0.39, 0.29) is 18.1 Å². The number of benzene rings is 2. The Labute approximate surface area is 220 Å². The molecule has 10 heteroatoms. The molecule has 0 aromatic heterocycles. The van der Waals surface area contributed by atoms with Crippen molar-refractivity contribution in [1.82, 2.24) is 10.2 Å². The van der Waals surface area contributed by atoms with Crippen molar-refractivity contribution in [2.45, 2.75) is 52.6 Å². The first-order valence-corrected chi connectivity index (χ1v) is 14.4. The Morgan fingerprint density at radius 1 is 1.05 bits per heavy atom. The van der Waals surface area contributed by atoms with Crippen LogP contribution in [0.3, 0.4) is 0 Å². The molecule has 9 nitrogen and oxygen atoms in total. The van der Waals surface area contributed by atoms with E-state index in [9.17, 15) is 18.0 Å². The average Bonchev–Trinajstić information content (AvgIpc) is 2.87. The van der Waals surface area contributed by atoms with Gasteiger partial charge in [0.15, 0.2) is 0 Å². The van der Waals surface area contributed by atoms with Crippen LogP contribution in [-0.2, 0) is 26.2 Å². The van der Waals surface area contributed by atoms with Gasteiger partial charge in [0, 0.05) is 13.1 Å². The second-order valence-corrected chi connectivity index (χ2v) is 10.5. The summed E-state index contributed by atoms with van der Waals surface area (Å²) in [4.78, 5) is 28.4. The van der Waals surface area contributed by atoms with E-state index in [1.165, 1.54) is 4.90 Å². The summed E-state index contributed by atoms with van der Waals surface area (Å²) in [5.41, 5.74) is 1.02. The van der Waals surface area contributed by atoms with Crippen LogP contribution in [0.5, 0.6) is 11.5 Å². The lowest BCUT2D eigenvalue weighted by atomic mass is 10.1. The Hall–Kier alpha value is -3.27. The van der Waals surface area contributed by atoms with E-state index in [2.05, 4.69) is 5.32 Å². The largest absolute Gasteiger partial charge is 0.497 e. The molecule has 0 aliphatic carbocycles. The predicted molar refractivity (Wildman–Crippen MR) is 145 cm³/mol. The summed E-state index contributed by atoms with van der Waals surface area (Å²) in [5, 5.41) is 2.91. The lowest BCUT2D eigenvalue weighted by molar-refractivity contribution is -0.140. The van der Waals surface area contributed by atoms with Gasteiger partial charge in [-0.25, -0.2) is 8.42 Å². The average molecular weight is 534 g/mol. The number of nitrogens with zero attached hydrogens (tertiary/aromatic N) is 2. The first kappa shape index (κ1) is 30.0. The zero-order chi connectivity index (χ0) is 27.4. The van der Waals surface area contributed by atoms with Crippen molar-refractivity contribution in [1.29, 1.82) is 0 Å². The predicted octanol–water partition coefficient (Wildman–Crippen LogP) is 3.58. The topological polar surface area (TPSA) is 105 Å². The highest BCUT2D eigenvalue weighted by Crippen LogP contribution is 2.30. The number of carbonyl (C=O) groups excluding carboxylic acids is 2. The monoisotopic (exact) mass is 533 g/mol. The standard InChI is InChI=1S/C27H39N3O6S/c1-6-9-17-28-27(32)23(7-2)29(19-21-13-12-14-22(18-21)35-4)26(31)20-30(37(5,33)34)24-15-10-11-16-25(24)36-8-3/h10-16,18,23H,6-9,17,19-20H2,1-5H3,(H,28,32)/t23-/m1/s1. The molecule has 0 saturated heterocycles. The molecule has 2 rings (SSSR count). The number of para-hydroxylation sites is 2. The van der Waals surface area contributed by atoms with E-state index in [0.29, 0.717) is 31.1 Å². The summed E-state index contributed by atoms with van der Waals surface area (Å²) in [6.45, 7) is 6.12. The number of anilines is 1. The Bertz CT molecular complexity index is 1140. The number of methoxy groups -OCH3 is 1. The van der Waals surface area contributed by atoms with Gasteiger partial charge in [-0.3, -0.25) is 13.9 Å². The number of unbranched alkanes of at least 4 members (excludes halogenated alkanes) is 1. The van der Waals surface area contributed by atoms with Crippen LogP contribution in [0, 0.1) is 0 Å². The van der Waals surface area contributed by atoms with E-state index >= 15 is 0 Å².